The highest BCUT2D eigenvalue weighted by molar-refractivity contribution is 5.72. The van der Waals surface area contributed by atoms with Crippen molar-refractivity contribution in [3.63, 3.8) is 0 Å². The molecule has 4 heterocycles. The largest absolute Gasteiger partial charge is 0.345 e. The van der Waals surface area contributed by atoms with E-state index in [0.717, 1.165) is 30.5 Å². The zero-order valence-corrected chi connectivity index (χ0v) is 18.9. The molecule has 33 heavy (non-hydrogen) atoms. The second kappa shape index (κ2) is 7.99. The summed E-state index contributed by atoms with van der Waals surface area (Å²) in [6.07, 6.45) is 4.07. The summed E-state index contributed by atoms with van der Waals surface area (Å²) in [7, 11) is 0. The number of rotatable bonds is 4. The molecule has 0 aliphatic carbocycles. The maximum Gasteiger partial charge on any atom is 0.263 e. The summed E-state index contributed by atoms with van der Waals surface area (Å²) in [6, 6.07) is 9.69. The highest BCUT2D eigenvalue weighted by Crippen LogP contribution is 2.30. The fourth-order valence-corrected chi connectivity index (χ4v) is 4.33. The Morgan fingerprint density at radius 2 is 1.88 bits per heavy atom. The molecule has 1 N–H and O–H groups in total. The lowest BCUT2D eigenvalue weighted by atomic mass is 9.87. The molecule has 0 bridgehead atoms. The van der Waals surface area contributed by atoms with E-state index >= 15 is 0 Å². The minimum Gasteiger partial charge on any atom is -0.345 e. The Bertz CT molecular complexity index is 1350. The summed E-state index contributed by atoms with van der Waals surface area (Å²) in [4.78, 5) is 32.7. The molecule has 0 spiro atoms. The Hall–Kier alpha value is -3.75. The number of hydrogen-bond acceptors (Lipinski definition) is 6. The Balaban J connectivity index is 1.48. The zero-order valence-electron chi connectivity index (χ0n) is 18.9. The highest BCUT2D eigenvalue weighted by Gasteiger charge is 2.25. The van der Waals surface area contributed by atoms with Gasteiger partial charge in [-0.15, -0.1) is 0 Å². The van der Waals surface area contributed by atoms with Gasteiger partial charge in [0.1, 0.15) is 11.2 Å². The molecule has 1 amide bonds. The van der Waals surface area contributed by atoms with E-state index in [2.05, 4.69) is 53.1 Å². The summed E-state index contributed by atoms with van der Waals surface area (Å²) < 4.78 is 7.28. The molecule has 0 saturated carbocycles. The van der Waals surface area contributed by atoms with E-state index in [-0.39, 0.29) is 16.9 Å². The lowest BCUT2D eigenvalue weighted by molar-refractivity contribution is -0.119. The minimum absolute atomic E-state index is 0.0610. The second-order valence-corrected chi connectivity index (χ2v) is 9.54. The molecular formula is C24H26N6O3. The van der Waals surface area contributed by atoms with E-state index in [1.165, 1.54) is 5.56 Å². The first-order chi connectivity index (χ1) is 15.8. The second-order valence-electron chi connectivity index (χ2n) is 9.54. The third kappa shape index (κ3) is 3.94. The number of likely N-dealkylation sites (tertiary alicyclic amines) is 1. The van der Waals surface area contributed by atoms with Gasteiger partial charge in [0.2, 0.25) is 12.2 Å². The van der Waals surface area contributed by atoms with Crippen molar-refractivity contribution < 1.29 is 9.32 Å². The number of aromatic nitrogens is 5. The number of carbonyl (C=O) groups excluding carboxylic acids is 1. The van der Waals surface area contributed by atoms with Gasteiger partial charge in [0.05, 0.1) is 11.9 Å². The quantitative estimate of drug-likeness (QED) is 0.482. The van der Waals surface area contributed by atoms with Gasteiger partial charge in [0, 0.05) is 30.6 Å². The molecule has 0 unspecified atom stereocenters. The summed E-state index contributed by atoms with van der Waals surface area (Å²) >= 11 is 0. The van der Waals surface area contributed by atoms with Crippen molar-refractivity contribution in [2.75, 3.05) is 13.1 Å². The number of benzene rings is 1. The van der Waals surface area contributed by atoms with Gasteiger partial charge in [-0.2, -0.15) is 10.1 Å². The van der Waals surface area contributed by atoms with Gasteiger partial charge in [-0.1, -0.05) is 50.2 Å². The van der Waals surface area contributed by atoms with Crippen LogP contribution in [0.15, 0.2) is 45.8 Å². The molecule has 0 atom stereocenters. The Morgan fingerprint density at radius 3 is 2.55 bits per heavy atom. The van der Waals surface area contributed by atoms with Crippen molar-refractivity contribution in [3.8, 4) is 22.8 Å². The van der Waals surface area contributed by atoms with E-state index in [1.807, 2.05) is 12.1 Å². The number of piperidine rings is 1. The third-order valence-corrected chi connectivity index (χ3v) is 6.30. The van der Waals surface area contributed by atoms with Crippen molar-refractivity contribution in [2.24, 2.45) is 0 Å². The number of carbonyl (C=O) groups is 1. The van der Waals surface area contributed by atoms with Crippen LogP contribution in [-0.2, 0) is 10.2 Å². The van der Waals surface area contributed by atoms with Crippen LogP contribution < -0.4 is 5.56 Å². The average Bonchev–Trinajstić information content (AvgIpc) is 3.45. The highest BCUT2D eigenvalue weighted by atomic mass is 16.5. The fourth-order valence-electron chi connectivity index (χ4n) is 4.33. The predicted octanol–water partition coefficient (Wildman–Crippen LogP) is 3.37. The number of aromatic amines is 1. The normalized spacial score (nSPS) is 15.3. The number of amides is 1. The lowest BCUT2D eigenvalue weighted by Gasteiger charge is -2.29. The van der Waals surface area contributed by atoms with Gasteiger partial charge in [-0.05, 0) is 23.8 Å². The van der Waals surface area contributed by atoms with Crippen molar-refractivity contribution in [1.82, 2.24) is 29.6 Å². The molecule has 0 radical (unpaired) electrons. The summed E-state index contributed by atoms with van der Waals surface area (Å²) in [5.41, 5.74) is 3.84. The number of hydrogen-bond donors (Lipinski definition) is 1. The molecule has 1 fully saturated rings. The van der Waals surface area contributed by atoms with E-state index < -0.39 is 0 Å². The molecule has 170 valence electrons. The van der Waals surface area contributed by atoms with Crippen LogP contribution in [0.2, 0.25) is 0 Å². The van der Waals surface area contributed by atoms with Crippen molar-refractivity contribution in [1.29, 1.82) is 0 Å². The minimum atomic E-state index is -0.213. The van der Waals surface area contributed by atoms with Gasteiger partial charge < -0.3 is 14.4 Å². The van der Waals surface area contributed by atoms with Crippen LogP contribution in [0.5, 0.6) is 0 Å². The molecule has 1 saturated heterocycles. The van der Waals surface area contributed by atoms with Gasteiger partial charge in [-0.3, -0.25) is 9.59 Å². The monoisotopic (exact) mass is 446 g/mol. The maximum absolute atomic E-state index is 12.5. The van der Waals surface area contributed by atoms with Crippen LogP contribution in [0.1, 0.15) is 50.8 Å². The summed E-state index contributed by atoms with van der Waals surface area (Å²) in [6.45, 7) is 7.83. The van der Waals surface area contributed by atoms with Crippen molar-refractivity contribution >= 4 is 12.1 Å². The fraction of sp³-hybridized carbons (Fsp3) is 0.375. The summed E-state index contributed by atoms with van der Waals surface area (Å²) in [5.74, 6) is 0.909. The molecule has 1 aromatic carbocycles. The van der Waals surface area contributed by atoms with Crippen molar-refractivity contribution in [3.05, 3.63) is 58.1 Å². The van der Waals surface area contributed by atoms with E-state index in [1.54, 1.807) is 21.7 Å². The number of nitrogens with one attached hydrogen (secondary N) is 1. The number of H-pyrrole nitrogens is 1. The predicted molar refractivity (Wildman–Crippen MR) is 123 cm³/mol. The van der Waals surface area contributed by atoms with Crippen LogP contribution in [-0.4, -0.2) is 49.1 Å². The van der Waals surface area contributed by atoms with Crippen LogP contribution in [0.4, 0.5) is 0 Å². The smallest absolute Gasteiger partial charge is 0.263 e. The molecule has 1 aliphatic rings. The van der Waals surface area contributed by atoms with Crippen molar-refractivity contribution in [2.45, 2.75) is 44.9 Å². The lowest BCUT2D eigenvalue weighted by Crippen LogP contribution is -2.32. The number of fused-ring (bicyclic) bond motifs is 1. The van der Waals surface area contributed by atoms with Crippen LogP contribution in [0.25, 0.3) is 28.5 Å². The first-order valence-electron chi connectivity index (χ1n) is 11.1. The SMILES string of the molecule is CC(C)(C)c1ccc(-c2noc(-c3cnn4c(C5CCN(C=O)CC5)cc(=O)[nH]c34)n2)cc1. The average molecular weight is 447 g/mol. The van der Waals surface area contributed by atoms with Crippen LogP contribution in [0, 0.1) is 0 Å². The van der Waals surface area contributed by atoms with Crippen LogP contribution in [0.3, 0.4) is 0 Å². The molecule has 5 rings (SSSR count). The first kappa shape index (κ1) is 21.1. The Kier molecular flexibility index (Phi) is 5.11. The molecule has 4 aromatic rings. The van der Waals surface area contributed by atoms with Crippen LogP contribution >= 0.6 is 0 Å². The third-order valence-electron chi connectivity index (χ3n) is 6.30. The molecular weight excluding hydrogens is 420 g/mol. The molecule has 9 heteroatoms. The molecule has 1 aliphatic heterocycles. The number of nitrogens with zero attached hydrogens (tertiary/aromatic N) is 5. The zero-order chi connectivity index (χ0) is 23.2. The molecule has 9 nitrogen and oxygen atoms in total. The Labute approximate surface area is 190 Å². The first-order valence-corrected chi connectivity index (χ1v) is 11.1. The van der Waals surface area contributed by atoms with E-state index in [4.69, 9.17) is 4.52 Å². The summed E-state index contributed by atoms with van der Waals surface area (Å²) in [5, 5.41) is 8.65. The van der Waals surface area contributed by atoms with Gasteiger partial charge in [0.25, 0.3) is 11.4 Å². The van der Waals surface area contributed by atoms with Gasteiger partial charge >= 0.3 is 0 Å². The maximum atomic E-state index is 12.5. The van der Waals surface area contributed by atoms with Gasteiger partial charge in [0.15, 0.2) is 0 Å². The van der Waals surface area contributed by atoms with E-state index in [9.17, 15) is 9.59 Å². The topological polar surface area (TPSA) is 109 Å². The standard InChI is InChI=1S/C24H26N6O3/c1-24(2,3)17-6-4-16(5-7-17)21-27-23(33-28-21)18-13-25-30-19(12-20(32)26-22(18)30)15-8-10-29(14-31)11-9-15/h4-7,12-15H,8-11H2,1-3H3,(H,26,32). The molecule has 3 aromatic heterocycles. The Morgan fingerprint density at radius 1 is 1.15 bits per heavy atom. The van der Waals surface area contributed by atoms with Gasteiger partial charge in [-0.25, -0.2) is 4.52 Å². The van der Waals surface area contributed by atoms with E-state index in [0.29, 0.717) is 36.0 Å².